The lowest BCUT2D eigenvalue weighted by molar-refractivity contribution is 0.650. The van der Waals surface area contributed by atoms with Crippen LogP contribution >= 0.6 is 0 Å². The number of pyridine rings is 1. The molecule has 8 heteroatoms. The van der Waals surface area contributed by atoms with E-state index in [0.29, 0.717) is 12.2 Å². The number of nitrogens with zero attached hydrogens (tertiary/aromatic N) is 5. The normalized spacial score (nSPS) is 13.5. The van der Waals surface area contributed by atoms with Crippen molar-refractivity contribution in [1.29, 1.82) is 0 Å². The third-order valence-electron chi connectivity index (χ3n) is 4.55. The lowest BCUT2D eigenvalue weighted by Crippen LogP contribution is -2.19. The van der Waals surface area contributed by atoms with Crippen LogP contribution < -0.4 is 5.73 Å². The van der Waals surface area contributed by atoms with Crippen molar-refractivity contribution < 1.29 is 4.21 Å². The number of benzene rings is 1. The Morgan fingerprint density at radius 2 is 2.00 bits per heavy atom. The second kappa shape index (κ2) is 7.36. The first-order valence-electron chi connectivity index (χ1n) is 9.25. The van der Waals surface area contributed by atoms with Crippen LogP contribution in [-0.4, -0.2) is 34.8 Å². The van der Waals surface area contributed by atoms with Crippen molar-refractivity contribution >= 4 is 39.4 Å². The smallest absolute Gasteiger partial charge is 0.151 e. The monoisotopic (exact) mass is 406 g/mol. The summed E-state index contributed by atoms with van der Waals surface area (Å²) in [6.45, 7) is 5.68. The predicted octanol–water partition coefficient (Wildman–Crippen LogP) is 3.60. The van der Waals surface area contributed by atoms with Crippen molar-refractivity contribution in [2.24, 2.45) is 4.40 Å². The minimum atomic E-state index is -1.30. The third kappa shape index (κ3) is 3.75. The second-order valence-corrected chi connectivity index (χ2v) is 9.66. The van der Waals surface area contributed by atoms with Crippen LogP contribution in [0.15, 0.2) is 53.3 Å². The quantitative estimate of drug-likeness (QED) is 0.522. The molecule has 4 rings (SSSR count). The molecule has 3 heterocycles. The van der Waals surface area contributed by atoms with Crippen LogP contribution in [0.4, 0.5) is 5.82 Å². The Hall–Kier alpha value is -3.13. The van der Waals surface area contributed by atoms with Gasteiger partial charge in [-0.2, -0.15) is 9.50 Å². The summed E-state index contributed by atoms with van der Waals surface area (Å²) in [4.78, 5) is 8.71. The minimum Gasteiger partial charge on any atom is -0.382 e. The number of nitrogen functional groups attached to an aromatic ring is 1. The number of anilines is 1. The molecule has 7 nitrogen and oxygen atoms in total. The molecule has 148 valence electrons. The van der Waals surface area contributed by atoms with E-state index in [1.807, 2.05) is 57.3 Å². The van der Waals surface area contributed by atoms with E-state index in [9.17, 15) is 4.21 Å². The maximum atomic E-state index is 12.2. The molecule has 1 atom stereocenters. The van der Waals surface area contributed by atoms with Crippen LogP contribution in [0.3, 0.4) is 0 Å². The number of hydrogen-bond acceptors (Lipinski definition) is 5. The molecule has 29 heavy (non-hydrogen) atoms. The molecule has 0 spiro atoms. The van der Waals surface area contributed by atoms with Crippen molar-refractivity contribution in [2.45, 2.75) is 31.9 Å². The average Bonchev–Trinajstić information content (AvgIpc) is 3.07. The summed E-state index contributed by atoms with van der Waals surface area (Å²) in [5.41, 5.74) is 10.6. The van der Waals surface area contributed by atoms with Gasteiger partial charge in [0.1, 0.15) is 22.8 Å². The van der Waals surface area contributed by atoms with Gasteiger partial charge in [-0.15, -0.1) is 0 Å². The summed E-state index contributed by atoms with van der Waals surface area (Å²) >= 11 is 0. The van der Waals surface area contributed by atoms with Gasteiger partial charge < -0.3 is 5.73 Å². The number of para-hydroxylation sites is 1. The Bertz CT molecular complexity index is 1260. The summed E-state index contributed by atoms with van der Waals surface area (Å²) in [7, 11) is -1.30. The Labute approximate surface area is 171 Å². The summed E-state index contributed by atoms with van der Waals surface area (Å²) in [6.07, 6.45) is 5.40. The van der Waals surface area contributed by atoms with Gasteiger partial charge in [0.2, 0.25) is 0 Å². The zero-order valence-electron chi connectivity index (χ0n) is 16.5. The van der Waals surface area contributed by atoms with E-state index >= 15 is 0 Å². The molecule has 0 aliphatic carbocycles. The fraction of sp³-hybridized carbons (Fsp3) is 0.238. The van der Waals surface area contributed by atoms with Gasteiger partial charge in [-0.25, -0.2) is 13.7 Å². The van der Waals surface area contributed by atoms with E-state index in [0.717, 1.165) is 33.2 Å². The molecule has 0 fully saturated rings. The first-order valence-corrected chi connectivity index (χ1v) is 10.4. The number of aromatic nitrogens is 4. The van der Waals surface area contributed by atoms with E-state index in [2.05, 4.69) is 25.5 Å². The summed E-state index contributed by atoms with van der Waals surface area (Å²) in [6, 6.07) is 12.0. The molecule has 2 N–H and O–H groups in total. The zero-order valence-corrected chi connectivity index (χ0v) is 17.3. The van der Waals surface area contributed by atoms with Crippen LogP contribution in [0.25, 0.3) is 27.5 Å². The van der Waals surface area contributed by atoms with Crippen molar-refractivity contribution in [3.05, 3.63) is 54.6 Å². The summed E-state index contributed by atoms with van der Waals surface area (Å²) < 4.78 is 17.7. The Morgan fingerprint density at radius 1 is 1.21 bits per heavy atom. The standard InChI is InChI=1S/C21H22N6OS/c1-21(2,3)29(28)26-9-8-16-11-17(19-20(22)24-13-25-27(16)19)15-10-14-6-4-5-7-18(14)23-12-15/h4-7,9-13H,8H2,1-3H3,(H2,22,24,25). The van der Waals surface area contributed by atoms with E-state index in [1.165, 1.54) is 6.33 Å². The van der Waals surface area contributed by atoms with Crippen molar-refractivity contribution in [1.82, 2.24) is 19.6 Å². The highest BCUT2D eigenvalue weighted by molar-refractivity contribution is 7.85. The van der Waals surface area contributed by atoms with Gasteiger partial charge in [-0.3, -0.25) is 4.98 Å². The van der Waals surface area contributed by atoms with Gasteiger partial charge in [0, 0.05) is 41.0 Å². The third-order valence-corrected chi connectivity index (χ3v) is 5.94. The van der Waals surface area contributed by atoms with Gasteiger partial charge in [-0.1, -0.05) is 18.2 Å². The van der Waals surface area contributed by atoms with Gasteiger partial charge in [-0.05, 0) is 39.0 Å². The largest absolute Gasteiger partial charge is 0.382 e. The highest BCUT2D eigenvalue weighted by Crippen LogP contribution is 2.31. The van der Waals surface area contributed by atoms with Gasteiger partial charge in [0.05, 0.1) is 10.3 Å². The molecule has 0 aliphatic rings. The second-order valence-electron chi connectivity index (χ2n) is 7.73. The molecular weight excluding hydrogens is 384 g/mol. The maximum absolute atomic E-state index is 12.2. The van der Waals surface area contributed by atoms with Crippen LogP contribution in [0.2, 0.25) is 0 Å². The van der Waals surface area contributed by atoms with Gasteiger partial charge in [0.25, 0.3) is 0 Å². The lowest BCUT2D eigenvalue weighted by Gasteiger charge is -2.12. The summed E-state index contributed by atoms with van der Waals surface area (Å²) in [5.74, 6) is 0.393. The van der Waals surface area contributed by atoms with Crippen molar-refractivity contribution in [2.75, 3.05) is 5.73 Å². The highest BCUT2D eigenvalue weighted by atomic mass is 32.2. The van der Waals surface area contributed by atoms with Gasteiger partial charge >= 0.3 is 0 Å². The van der Waals surface area contributed by atoms with Crippen LogP contribution in [0.1, 0.15) is 26.5 Å². The SMILES string of the molecule is CC(C)(C)S(=O)N=CCc1cc(-c2cnc3ccccc3c2)c2c(N)ncnn12. The molecule has 4 aromatic rings. The molecule has 0 aliphatic heterocycles. The Morgan fingerprint density at radius 3 is 2.79 bits per heavy atom. The maximum Gasteiger partial charge on any atom is 0.151 e. The predicted molar refractivity (Wildman–Crippen MR) is 118 cm³/mol. The average molecular weight is 407 g/mol. The number of fused-ring (bicyclic) bond motifs is 2. The molecule has 0 bridgehead atoms. The molecule has 0 saturated heterocycles. The van der Waals surface area contributed by atoms with E-state index < -0.39 is 15.7 Å². The number of hydrogen-bond donors (Lipinski definition) is 1. The fourth-order valence-electron chi connectivity index (χ4n) is 3.07. The number of nitrogens with two attached hydrogens (primary N) is 1. The highest BCUT2D eigenvalue weighted by Gasteiger charge is 2.19. The molecule has 0 amide bonds. The zero-order chi connectivity index (χ0) is 20.6. The first kappa shape index (κ1) is 19.2. The summed E-state index contributed by atoms with van der Waals surface area (Å²) in [5, 5.41) is 5.41. The molecule has 1 unspecified atom stereocenters. The topological polar surface area (TPSA) is 98.5 Å². The van der Waals surface area contributed by atoms with Crippen molar-refractivity contribution in [3.8, 4) is 11.1 Å². The minimum absolute atomic E-state index is 0.393. The molecule has 0 saturated carbocycles. The molecular formula is C21H22N6OS. The number of rotatable bonds is 4. The molecule has 3 aromatic heterocycles. The van der Waals surface area contributed by atoms with E-state index in [4.69, 9.17) is 5.73 Å². The Kier molecular flexibility index (Phi) is 4.87. The van der Waals surface area contributed by atoms with Gasteiger partial charge in [0.15, 0.2) is 5.82 Å². The first-order chi connectivity index (χ1) is 13.8. The Balaban J connectivity index is 1.79. The van der Waals surface area contributed by atoms with Crippen LogP contribution in [0.5, 0.6) is 0 Å². The molecule has 0 radical (unpaired) electrons. The van der Waals surface area contributed by atoms with Crippen molar-refractivity contribution in [3.63, 3.8) is 0 Å². The van der Waals surface area contributed by atoms with Crippen LogP contribution in [-0.2, 0) is 17.4 Å². The lowest BCUT2D eigenvalue weighted by atomic mass is 10.1. The molecule has 1 aromatic carbocycles. The van der Waals surface area contributed by atoms with E-state index in [1.54, 1.807) is 10.7 Å². The van der Waals surface area contributed by atoms with E-state index in [-0.39, 0.29) is 0 Å². The van der Waals surface area contributed by atoms with Crippen LogP contribution in [0, 0.1) is 0 Å². The fourth-order valence-corrected chi connectivity index (χ4v) is 3.60.